The second-order valence-corrected chi connectivity index (χ2v) is 8.03. The molecule has 0 saturated carbocycles. The highest BCUT2D eigenvalue weighted by Crippen LogP contribution is 2.19. The minimum Gasteiger partial charge on any atom is -0.403 e. The molecule has 7 N–H and O–H groups in total. The summed E-state index contributed by atoms with van der Waals surface area (Å²) in [5.41, 5.74) is 14.3. The van der Waals surface area contributed by atoms with E-state index in [2.05, 4.69) is 54.7 Å². The molecule has 2 atom stereocenters. The zero-order valence-electron chi connectivity index (χ0n) is 20.2. The van der Waals surface area contributed by atoms with Gasteiger partial charge in [-0.25, -0.2) is 5.84 Å². The third kappa shape index (κ3) is 11.9. The summed E-state index contributed by atoms with van der Waals surface area (Å²) in [5, 5.41) is 4.87. The van der Waals surface area contributed by atoms with Crippen LogP contribution in [0.3, 0.4) is 0 Å². The van der Waals surface area contributed by atoms with Crippen LogP contribution in [0.1, 0.15) is 36.9 Å². The Balaban J connectivity index is 0.000000273. The van der Waals surface area contributed by atoms with E-state index < -0.39 is 0 Å². The molecule has 0 radical (unpaired) electrons. The van der Waals surface area contributed by atoms with Crippen molar-refractivity contribution in [2.45, 2.75) is 38.4 Å². The first-order chi connectivity index (χ1) is 15.9. The average Bonchev–Trinajstić information content (AvgIpc) is 3.26. The summed E-state index contributed by atoms with van der Waals surface area (Å²) in [4.78, 5) is 2.38. The van der Waals surface area contributed by atoms with Crippen LogP contribution in [0.25, 0.3) is 0 Å². The number of likely N-dealkylation sites (N-methyl/N-ethyl adjacent to an activating group) is 1. The molecule has 2 aromatic rings. The minimum absolute atomic E-state index is 0.159. The largest absolute Gasteiger partial charge is 0.403 e. The maximum Gasteiger partial charge on any atom is 0.0514 e. The molecule has 2 unspecified atom stereocenters. The van der Waals surface area contributed by atoms with Gasteiger partial charge in [0, 0.05) is 36.7 Å². The summed E-state index contributed by atoms with van der Waals surface area (Å²) in [6.07, 6.45) is 7.16. The van der Waals surface area contributed by atoms with Gasteiger partial charge in [0.25, 0.3) is 0 Å². The van der Waals surface area contributed by atoms with Crippen LogP contribution in [0.2, 0.25) is 0 Å². The van der Waals surface area contributed by atoms with Gasteiger partial charge in [0.1, 0.15) is 0 Å². The van der Waals surface area contributed by atoms with Crippen LogP contribution in [-0.4, -0.2) is 36.1 Å². The van der Waals surface area contributed by atoms with E-state index in [9.17, 15) is 0 Å². The van der Waals surface area contributed by atoms with Crippen molar-refractivity contribution in [3.05, 3.63) is 109 Å². The number of nitrogens with one attached hydrogen (secondary N) is 1. The first-order valence-electron chi connectivity index (χ1n) is 11.4. The lowest BCUT2D eigenvalue weighted by molar-refractivity contribution is 0.334. The lowest BCUT2D eigenvalue weighted by Crippen LogP contribution is -2.32. The highest BCUT2D eigenvalue weighted by Gasteiger charge is 2.22. The standard InChI is InChI=1S/C14H20N2.C8H11N.C5H11N3/c1-12(14-9-6-10-16(14)2)15-11-13-7-4-3-5-8-13;1-7(9)8-5-3-2-4-6-8;1-2-4-8(7)5-3-6/h3-5,7-8,14-15H,1,6,9-11H2,2H3;2-7H,9H2,1H3;2-3,5H,1,4,6-7H2/b;;5-3-. The fraction of sp³-hybridized carbons (Fsp3) is 0.333. The van der Waals surface area contributed by atoms with Crippen molar-refractivity contribution < 1.29 is 0 Å². The van der Waals surface area contributed by atoms with Crippen LogP contribution in [0.15, 0.2) is 98.0 Å². The van der Waals surface area contributed by atoms with Gasteiger partial charge < -0.3 is 21.8 Å². The smallest absolute Gasteiger partial charge is 0.0514 e. The van der Waals surface area contributed by atoms with Gasteiger partial charge in [-0.1, -0.05) is 73.3 Å². The number of nitrogens with two attached hydrogens (primary N) is 3. The molecule has 1 aliphatic heterocycles. The van der Waals surface area contributed by atoms with Crippen molar-refractivity contribution in [1.82, 2.24) is 15.2 Å². The van der Waals surface area contributed by atoms with E-state index in [-0.39, 0.29) is 6.04 Å². The summed E-state index contributed by atoms with van der Waals surface area (Å²) in [5.74, 6) is 5.29. The number of nitrogens with zero attached hydrogens (tertiary/aromatic N) is 2. The molecular weight excluding hydrogens is 408 g/mol. The highest BCUT2D eigenvalue weighted by atomic mass is 15.4. The molecular formula is C27H42N6. The third-order valence-electron chi connectivity index (χ3n) is 5.23. The zero-order chi connectivity index (χ0) is 24.5. The van der Waals surface area contributed by atoms with E-state index in [1.54, 1.807) is 12.3 Å². The summed E-state index contributed by atoms with van der Waals surface area (Å²) >= 11 is 0. The zero-order valence-corrected chi connectivity index (χ0v) is 20.2. The highest BCUT2D eigenvalue weighted by molar-refractivity contribution is 5.17. The second-order valence-electron chi connectivity index (χ2n) is 8.03. The Kier molecular flexibility index (Phi) is 14.0. The lowest BCUT2D eigenvalue weighted by Gasteiger charge is -2.22. The first-order valence-corrected chi connectivity index (χ1v) is 11.4. The molecule has 0 aliphatic carbocycles. The van der Waals surface area contributed by atoms with E-state index in [1.165, 1.54) is 41.7 Å². The van der Waals surface area contributed by atoms with E-state index in [4.69, 9.17) is 17.3 Å². The van der Waals surface area contributed by atoms with Crippen LogP contribution < -0.4 is 22.6 Å². The Morgan fingerprint density at radius 2 is 1.79 bits per heavy atom. The van der Waals surface area contributed by atoms with Crippen LogP contribution in [-0.2, 0) is 6.54 Å². The molecule has 6 nitrogen and oxygen atoms in total. The Labute approximate surface area is 200 Å². The van der Waals surface area contributed by atoms with Gasteiger partial charge in [-0.05, 0) is 44.5 Å². The molecule has 3 rings (SSSR count). The van der Waals surface area contributed by atoms with Crippen LogP contribution in [0.4, 0.5) is 0 Å². The van der Waals surface area contributed by atoms with E-state index in [0.717, 1.165) is 12.2 Å². The van der Waals surface area contributed by atoms with E-state index in [1.807, 2.05) is 43.3 Å². The number of likely N-dealkylation sites (tertiary alicyclic amines) is 1. The quantitative estimate of drug-likeness (QED) is 0.277. The average molecular weight is 451 g/mol. The Morgan fingerprint density at radius 3 is 2.24 bits per heavy atom. The van der Waals surface area contributed by atoms with Gasteiger partial charge in [-0.15, -0.1) is 6.58 Å². The SMILES string of the molecule is C=C(NCc1ccccc1)C1CCCN1C.C=CCN(N)/C=C\N.CC(N)c1ccccc1. The van der Waals surface area contributed by atoms with Crippen molar-refractivity contribution in [2.75, 3.05) is 20.1 Å². The fourth-order valence-corrected chi connectivity index (χ4v) is 3.36. The van der Waals surface area contributed by atoms with E-state index in [0.29, 0.717) is 12.6 Å². The molecule has 6 heteroatoms. The summed E-state index contributed by atoms with van der Waals surface area (Å²) in [7, 11) is 2.17. The Morgan fingerprint density at radius 1 is 1.18 bits per heavy atom. The third-order valence-corrected chi connectivity index (χ3v) is 5.23. The maximum absolute atomic E-state index is 5.61. The number of hydrogen-bond donors (Lipinski definition) is 4. The molecule has 0 bridgehead atoms. The Bertz CT molecular complexity index is 804. The number of hydrogen-bond acceptors (Lipinski definition) is 6. The van der Waals surface area contributed by atoms with Crippen LogP contribution in [0.5, 0.6) is 0 Å². The van der Waals surface area contributed by atoms with Crippen LogP contribution in [0, 0.1) is 0 Å². The fourth-order valence-electron chi connectivity index (χ4n) is 3.36. The number of benzene rings is 2. The summed E-state index contributed by atoms with van der Waals surface area (Å²) in [6.45, 7) is 12.3. The van der Waals surface area contributed by atoms with Crippen molar-refractivity contribution in [1.29, 1.82) is 0 Å². The number of hydrazine groups is 1. The molecule has 180 valence electrons. The predicted octanol–water partition coefficient (Wildman–Crippen LogP) is 3.87. The number of rotatable bonds is 8. The van der Waals surface area contributed by atoms with Gasteiger partial charge in [-0.3, -0.25) is 4.90 Å². The second kappa shape index (κ2) is 16.6. The predicted molar refractivity (Wildman–Crippen MR) is 142 cm³/mol. The molecule has 0 amide bonds. The van der Waals surface area contributed by atoms with Crippen molar-refractivity contribution in [3.8, 4) is 0 Å². The first kappa shape index (κ1) is 28.0. The van der Waals surface area contributed by atoms with Crippen LogP contribution >= 0.6 is 0 Å². The molecule has 1 heterocycles. The molecule has 1 fully saturated rings. The molecule has 0 aromatic heterocycles. The van der Waals surface area contributed by atoms with E-state index >= 15 is 0 Å². The maximum atomic E-state index is 5.61. The van der Waals surface area contributed by atoms with Gasteiger partial charge >= 0.3 is 0 Å². The van der Waals surface area contributed by atoms with Crippen molar-refractivity contribution >= 4 is 0 Å². The van der Waals surface area contributed by atoms with Gasteiger partial charge in [0.15, 0.2) is 0 Å². The molecule has 33 heavy (non-hydrogen) atoms. The van der Waals surface area contributed by atoms with Crippen molar-refractivity contribution in [2.24, 2.45) is 17.3 Å². The van der Waals surface area contributed by atoms with Gasteiger partial charge in [-0.2, -0.15) is 0 Å². The molecule has 0 spiro atoms. The molecule has 1 saturated heterocycles. The van der Waals surface area contributed by atoms with Crippen molar-refractivity contribution in [3.63, 3.8) is 0 Å². The molecule has 2 aromatic carbocycles. The van der Waals surface area contributed by atoms with Gasteiger partial charge in [0.05, 0.1) is 6.54 Å². The summed E-state index contributed by atoms with van der Waals surface area (Å²) < 4.78 is 0. The molecule has 1 aliphatic rings. The summed E-state index contributed by atoms with van der Waals surface area (Å²) in [6, 6.07) is 21.2. The minimum atomic E-state index is 0.159. The topological polar surface area (TPSA) is 96.6 Å². The monoisotopic (exact) mass is 450 g/mol. The van der Waals surface area contributed by atoms with Gasteiger partial charge in [0.2, 0.25) is 0 Å². The lowest BCUT2D eigenvalue weighted by atomic mass is 10.1. The Hall–Kier alpha value is -3.06. The normalized spacial score (nSPS) is 16.1.